The predicted molar refractivity (Wildman–Crippen MR) is 94.2 cm³/mol. The molecule has 1 aromatic rings. The van der Waals surface area contributed by atoms with Crippen LogP contribution in [-0.4, -0.2) is 37.9 Å². The Balaban J connectivity index is 1.91. The molecule has 0 heterocycles. The molecule has 2 N–H and O–H groups in total. The second-order valence-electron chi connectivity index (χ2n) is 6.04. The Morgan fingerprint density at radius 2 is 1.71 bits per heavy atom. The first-order chi connectivity index (χ1) is 11.5. The number of hydrogen-bond acceptors (Lipinski definition) is 3. The highest BCUT2D eigenvalue weighted by atomic mass is 32.2. The van der Waals surface area contributed by atoms with Crippen LogP contribution in [0.4, 0.5) is 4.79 Å². The van der Waals surface area contributed by atoms with Gasteiger partial charge in [-0.2, -0.15) is 4.31 Å². The maximum absolute atomic E-state index is 12.4. The zero-order valence-corrected chi connectivity index (χ0v) is 15.2. The summed E-state index contributed by atoms with van der Waals surface area (Å²) in [5.41, 5.74) is 0.870. The fourth-order valence-corrected chi connectivity index (χ4v) is 4.44. The lowest BCUT2D eigenvalue weighted by Crippen LogP contribution is -2.40. The van der Waals surface area contributed by atoms with E-state index in [9.17, 15) is 13.2 Å². The van der Waals surface area contributed by atoms with Crippen LogP contribution in [0.25, 0.3) is 0 Å². The van der Waals surface area contributed by atoms with Gasteiger partial charge in [-0.1, -0.05) is 38.8 Å². The van der Waals surface area contributed by atoms with Crippen molar-refractivity contribution >= 4 is 16.1 Å². The Morgan fingerprint density at radius 1 is 1.12 bits per heavy atom. The van der Waals surface area contributed by atoms with E-state index in [4.69, 9.17) is 0 Å². The molecule has 134 valence electrons. The number of carbonyl (C=O) groups excluding carboxylic acids is 1. The number of nitrogens with one attached hydrogen (secondary N) is 2. The molecule has 1 aromatic carbocycles. The van der Waals surface area contributed by atoms with Crippen LogP contribution in [0.1, 0.15) is 45.1 Å². The maximum atomic E-state index is 12.4. The number of carbonyl (C=O) groups is 1. The molecule has 24 heavy (non-hydrogen) atoms. The fraction of sp³-hybridized carbons (Fsp3) is 0.588. The number of urea groups is 1. The first-order valence-electron chi connectivity index (χ1n) is 8.60. The van der Waals surface area contributed by atoms with Crippen molar-refractivity contribution in [3.63, 3.8) is 0 Å². The lowest BCUT2D eigenvalue weighted by atomic mass is 10.2. The molecule has 0 unspecified atom stereocenters. The molecule has 1 saturated carbocycles. The van der Waals surface area contributed by atoms with Gasteiger partial charge in [0.05, 0.1) is 4.90 Å². The topological polar surface area (TPSA) is 78.5 Å². The smallest absolute Gasteiger partial charge is 0.315 e. The first kappa shape index (κ1) is 18.7. The molecule has 2 amide bonds. The van der Waals surface area contributed by atoms with E-state index < -0.39 is 10.0 Å². The van der Waals surface area contributed by atoms with Crippen LogP contribution < -0.4 is 10.6 Å². The van der Waals surface area contributed by atoms with Gasteiger partial charge in [-0.3, -0.25) is 0 Å². The van der Waals surface area contributed by atoms with Crippen LogP contribution in [0.15, 0.2) is 29.2 Å². The van der Waals surface area contributed by atoms with Crippen molar-refractivity contribution in [1.29, 1.82) is 0 Å². The van der Waals surface area contributed by atoms with Crippen LogP contribution in [-0.2, 0) is 16.6 Å². The SMILES string of the molecule is CCN(CC)S(=O)(=O)c1ccc(CNC(=O)NC2CCCC2)cc1. The van der Waals surface area contributed by atoms with Crippen molar-refractivity contribution in [1.82, 2.24) is 14.9 Å². The van der Waals surface area contributed by atoms with Gasteiger partial charge in [-0.05, 0) is 30.5 Å². The van der Waals surface area contributed by atoms with Gasteiger partial charge in [0.25, 0.3) is 0 Å². The van der Waals surface area contributed by atoms with Crippen LogP contribution in [0, 0.1) is 0 Å². The summed E-state index contributed by atoms with van der Waals surface area (Å²) in [6.45, 7) is 4.92. The summed E-state index contributed by atoms with van der Waals surface area (Å²) in [4.78, 5) is 12.1. The molecule has 1 aliphatic carbocycles. The third kappa shape index (κ3) is 4.70. The van der Waals surface area contributed by atoms with Crippen LogP contribution >= 0.6 is 0 Å². The van der Waals surface area contributed by atoms with Gasteiger partial charge in [0.2, 0.25) is 10.0 Å². The molecular formula is C17H27N3O3S. The number of hydrogen-bond donors (Lipinski definition) is 2. The molecule has 0 radical (unpaired) electrons. The molecule has 0 saturated heterocycles. The standard InChI is InChI=1S/C17H27N3O3S/c1-3-20(4-2)24(22,23)16-11-9-14(10-12-16)13-18-17(21)19-15-7-5-6-8-15/h9-12,15H,3-8,13H2,1-2H3,(H2,18,19,21). The average Bonchev–Trinajstić information content (AvgIpc) is 3.07. The molecule has 1 aliphatic rings. The van der Waals surface area contributed by atoms with E-state index in [1.54, 1.807) is 24.3 Å². The average molecular weight is 353 g/mol. The fourth-order valence-electron chi connectivity index (χ4n) is 2.98. The van der Waals surface area contributed by atoms with Crippen LogP contribution in [0.3, 0.4) is 0 Å². The Kier molecular flexibility index (Phi) is 6.62. The highest BCUT2D eigenvalue weighted by molar-refractivity contribution is 7.89. The minimum absolute atomic E-state index is 0.165. The quantitative estimate of drug-likeness (QED) is 0.790. The highest BCUT2D eigenvalue weighted by Gasteiger charge is 2.21. The van der Waals surface area contributed by atoms with Gasteiger partial charge < -0.3 is 10.6 Å². The molecule has 7 heteroatoms. The molecular weight excluding hydrogens is 326 g/mol. The van der Waals surface area contributed by atoms with Crippen molar-refractivity contribution in [2.24, 2.45) is 0 Å². The third-order valence-corrected chi connectivity index (χ3v) is 6.47. The first-order valence-corrected chi connectivity index (χ1v) is 10.0. The van der Waals surface area contributed by atoms with Gasteiger partial charge in [0, 0.05) is 25.7 Å². The largest absolute Gasteiger partial charge is 0.335 e. The van der Waals surface area contributed by atoms with Gasteiger partial charge in [-0.15, -0.1) is 0 Å². The van der Waals surface area contributed by atoms with E-state index in [0.29, 0.717) is 19.6 Å². The number of nitrogens with zero attached hydrogens (tertiary/aromatic N) is 1. The minimum atomic E-state index is -3.43. The third-order valence-electron chi connectivity index (χ3n) is 4.41. The lowest BCUT2D eigenvalue weighted by molar-refractivity contribution is 0.236. The van der Waals surface area contributed by atoms with Crippen molar-refractivity contribution in [2.75, 3.05) is 13.1 Å². The summed E-state index contributed by atoms with van der Waals surface area (Å²) in [5.74, 6) is 0. The van der Waals surface area contributed by atoms with E-state index in [0.717, 1.165) is 18.4 Å². The number of sulfonamides is 1. The number of benzene rings is 1. The summed E-state index contributed by atoms with van der Waals surface area (Å²) in [5, 5.41) is 5.78. The zero-order chi connectivity index (χ0) is 17.6. The van der Waals surface area contributed by atoms with Gasteiger partial charge in [0.1, 0.15) is 0 Å². The maximum Gasteiger partial charge on any atom is 0.315 e. The molecule has 0 atom stereocenters. The van der Waals surface area contributed by atoms with Crippen molar-refractivity contribution in [3.05, 3.63) is 29.8 Å². The van der Waals surface area contributed by atoms with Gasteiger partial charge >= 0.3 is 6.03 Å². The molecule has 2 rings (SSSR count). The van der Waals surface area contributed by atoms with E-state index in [2.05, 4.69) is 10.6 Å². The molecule has 0 aromatic heterocycles. The Morgan fingerprint density at radius 3 is 2.25 bits per heavy atom. The molecule has 0 aliphatic heterocycles. The highest BCUT2D eigenvalue weighted by Crippen LogP contribution is 2.18. The van der Waals surface area contributed by atoms with Gasteiger partial charge in [0.15, 0.2) is 0 Å². The second-order valence-corrected chi connectivity index (χ2v) is 7.98. The monoisotopic (exact) mass is 353 g/mol. The van der Waals surface area contributed by atoms with Gasteiger partial charge in [-0.25, -0.2) is 13.2 Å². The molecule has 0 bridgehead atoms. The normalized spacial score (nSPS) is 15.6. The Bertz CT molecular complexity index is 634. The minimum Gasteiger partial charge on any atom is -0.335 e. The van der Waals surface area contributed by atoms with E-state index in [1.165, 1.54) is 17.1 Å². The molecule has 1 fully saturated rings. The number of rotatable bonds is 7. The van der Waals surface area contributed by atoms with E-state index >= 15 is 0 Å². The zero-order valence-electron chi connectivity index (χ0n) is 14.4. The van der Waals surface area contributed by atoms with Crippen LogP contribution in [0.5, 0.6) is 0 Å². The predicted octanol–water partition coefficient (Wildman–Crippen LogP) is 2.46. The van der Waals surface area contributed by atoms with E-state index in [1.807, 2.05) is 13.8 Å². The van der Waals surface area contributed by atoms with Crippen LogP contribution in [0.2, 0.25) is 0 Å². The summed E-state index contributed by atoms with van der Waals surface area (Å²) in [6, 6.07) is 6.80. The molecule has 0 spiro atoms. The second kappa shape index (κ2) is 8.48. The van der Waals surface area contributed by atoms with Crippen molar-refractivity contribution in [3.8, 4) is 0 Å². The number of amides is 2. The summed E-state index contributed by atoms with van der Waals surface area (Å²) in [7, 11) is -3.43. The van der Waals surface area contributed by atoms with E-state index in [-0.39, 0.29) is 17.0 Å². The summed E-state index contributed by atoms with van der Waals surface area (Å²) >= 11 is 0. The Hall–Kier alpha value is -1.60. The Labute approximate surface area is 144 Å². The summed E-state index contributed by atoms with van der Waals surface area (Å²) < 4.78 is 26.2. The summed E-state index contributed by atoms with van der Waals surface area (Å²) in [6.07, 6.45) is 4.44. The van der Waals surface area contributed by atoms with Crippen molar-refractivity contribution in [2.45, 2.75) is 57.0 Å². The lowest BCUT2D eigenvalue weighted by Gasteiger charge is -2.18. The van der Waals surface area contributed by atoms with Crippen molar-refractivity contribution < 1.29 is 13.2 Å². The molecule has 6 nitrogen and oxygen atoms in total.